The van der Waals surface area contributed by atoms with Crippen molar-refractivity contribution >= 4 is 17.9 Å². The van der Waals surface area contributed by atoms with Gasteiger partial charge in [-0.05, 0) is 52.4 Å². The second-order valence-electron chi connectivity index (χ2n) is 13.4. The molecule has 0 aromatic rings. The van der Waals surface area contributed by atoms with Crippen LogP contribution in [0.25, 0.3) is 0 Å². The Bertz CT molecular complexity index is 843. The first-order valence-electron chi connectivity index (χ1n) is 14.7. The van der Waals surface area contributed by atoms with E-state index >= 15 is 0 Å². The Morgan fingerprint density at radius 3 is 2.30 bits per heavy atom. The molecule has 0 radical (unpaired) electrons. The number of hydrogen-bond acceptors (Lipinski definition) is 5. The molecule has 0 aromatic carbocycles. The summed E-state index contributed by atoms with van der Waals surface area (Å²) in [6.07, 6.45) is 11.2. The molecule has 1 spiro atoms. The lowest BCUT2D eigenvalue weighted by molar-refractivity contribution is -0.171. The van der Waals surface area contributed by atoms with Gasteiger partial charge in [-0.15, -0.1) is 0 Å². The average Bonchev–Trinajstić information content (AvgIpc) is 3.31. The van der Waals surface area contributed by atoms with E-state index < -0.39 is 17.3 Å². The summed E-state index contributed by atoms with van der Waals surface area (Å²) in [7, 11) is 0. The molecule has 2 aliphatic heterocycles. The van der Waals surface area contributed by atoms with Crippen LogP contribution in [-0.4, -0.2) is 88.2 Å². The SMILES string of the molecule is C[C@H](CC1CCCCC1)C(=O)N1CCC(O)(CN2CCN(C(=O)OC(C)(C)C)CC2=O)C2(CCCC2)C1. The minimum Gasteiger partial charge on any atom is -0.444 e. The molecule has 2 saturated carbocycles. The van der Waals surface area contributed by atoms with Gasteiger partial charge in [0.2, 0.25) is 11.8 Å². The number of carbonyl (C=O) groups excluding carboxylic acids is 3. The summed E-state index contributed by atoms with van der Waals surface area (Å²) in [5.74, 6) is 0.773. The molecular weight excluding hydrogens is 470 g/mol. The molecule has 4 rings (SSSR count). The highest BCUT2D eigenvalue weighted by atomic mass is 16.6. The highest BCUT2D eigenvalue weighted by Gasteiger charge is 2.56. The summed E-state index contributed by atoms with van der Waals surface area (Å²) in [5, 5.41) is 12.1. The minimum absolute atomic E-state index is 0.0234. The zero-order chi connectivity index (χ0) is 26.8. The zero-order valence-corrected chi connectivity index (χ0v) is 23.6. The van der Waals surface area contributed by atoms with Crippen molar-refractivity contribution in [1.29, 1.82) is 0 Å². The average molecular weight is 520 g/mol. The number of β-amino-alcohol motifs (C(OH)–C–C–N with tert-alkyl or cyclic N) is 1. The number of amides is 3. The third kappa shape index (κ3) is 6.43. The Labute approximate surface area is 223 Å². The molecular formula is C29H49N3O5. The molecule has 2 heterocycles. The predicted octanol–water partition coefficient (Wildman–Crippen LogP) is 4.20. The summed E-state index contributed by atoms with van der Waals surface area (Å²) in [6, 6.07) is 0. The highest BCUT2D eigenvalue weighted by Crippen LogP contribution is 2.51. The van der Waals surface area contributed by atoms with E-state index in [2.05, 4.69) is 6.92 Å². The van der Waals surface area contributed by atoms with Crippen LogP contribution in [0.3, 0.4) is 0 Å². The molecule has 1 N–H and O–H groups in total. The van der Waals surface area contributed by atoms with Gasteiger partial charge in [0.15, 0.2) is 0 Å². The van der Waals surface area contributed by atoms with Crippen LogP contribution < -0.4 is 0 Å². The van der Waals surface area contributed by atoms with Crippen molar-refractivity contribution in [2.75, 3.05) is 39.3 Å². The minimum atomic E-state index is -1.02. The summed E-state index contributed by atoms with van der Waals surface area (Å²) in [6.45, 7) is 9.68. The number of aliphatic hydroxyl groups is 1. The Morgan fingerprint density at radius 1 is 1.00 bits per heavy atom. The molecule has 8 heteroatoms. The number of piperidine rings is 1. The number of carbonyl (C=O) groups is 3. The van der Waals surface area contributed by atoms with E-state index in [1.165, 1.54) is 37.0 Å². The number of hydrogen-bond donors (Lipinski definition) is 1. The van der Waals surface area contributed by atoms with Crippen molar-refractivity contribution in [1.82, 2.24) is 14.7 Å². The molecule has 37 heavy (non-hydrogen) atoms. The highest BCUT2D eigenvalue weighted by molar-refractivity contribution is 5.83. The van der Waals surface area contributed by atoms with E-state index in [0.29, 0.717) is 38.5 Å². The lowest BCUT2D eigenvalue weighted by Crippen LogP contribution is -2.66. The van der Waals surface area contributed by atoms with E-state index in [4.69, 9.17) is 4.74 Å². The van der Waals surface area contributed by atoms with Gasteiger partial charge in [0, 0.05) is 37.5 Å². The van der Waals surface area contributed by atoms with Crippen molar-refractivity contribution in [3.05, 3.63) is 0 Å². The topological polar surface area (TPSA) is 90.4 Å². The third-order valence-corrected chi connectivity index (χ3v) is 9.40. The lowest BCUT2D eigenvalue weighted by atomic mass is 9.65. The van der Waals surface area contributed by atoms with Gasteiger partial charge in [-0.1, -0.05) is 51.9 Å². The number of ether oxygens (including phenoxy) is 1. The number of likely N-dealkylation sites (tertiary alicyclic amines) is 1. The van der Waals surface area contributed by atoms with E-state index in [1.807, 2.05) is 25.7 Å². The second kappa shape index (κ2) is 11.1. The molecule has 2 aliphatic carbocycles. The molecule has 2 atom stereocenters. The van der Waals surface area contributed by atoms with Gasteiger partial charge >= 0.3 is 6.09 Å². The Kier molecular flexibility index (Phi) is 8.46. The van der Waals surface area contributed by atoms with Crippen LogP contribution in [-0.2, 0) is 14.3 Å². The fourth-order valence-corrected chi connectivity index (χ4v) is 7.30. The summed E-state index contributed by atoms with van der Waals surface area (Å²) < 4.78 is 5.44. The standard InChI is InChI=1S/C29H49N3O5/c1-22(18-23-10-6-5-7-11-23)25(34)32-15-14-29(36,28(20-32)12-8-9-13-28)21-31-17-16-30(19-24(31)33)26(35)37-27(2,3)4/h22-23,36H,5-21H2,1-4H3/t22-,29?/m1/s1. The molecule has 210 valence electrons. The van der Waals surface area contributed by atoms with Gasteiger partial charge in [0.1, 0.15) is 12.1 Å². The molecule has 4 fully saturated rings. The van der Waals surface area contributed by atoms with E-state index in [1.54, 1.807) is 4.90 Å². The van der Waals surface area contributed by atoms with Crippen LogP contribution >= 0.6 is 0 Å². The molecule has 4 aliphatic rings. The van der Waals surface area contributed by atoms with E-state index in [-0.39, 0.29) is 36.2 Å². The molecule has 2 saturated heterocycles. The summed E-state index contributed by atoms with van der Waals surface area (Å²) in [4.78, 5) is 44.2. The van der Waals surface area contributed by atoms with Gasteiger partial charge in [-0.25, -0.2) is 4.79 Å². The second-order valence-corrected chi connectivity index (χ2v) is 13.4. The molecule has 1 unspecified atom stereocenters. The lowest BCUT2D eigenvalue weighted by Gasteiger charge is -2.54. The van der Waals surface area contributed by atoms with Crippen LogP contribution in [0.1, 0.15) is 98.3 Å². The van der Waals surface area contributed by atoms with E-state index in [9.17, 15) is 19.5 Å². The van der Waals surface area contributed by atoms with Crippen molar-refractivity contribution in [3.8, 4) is 0 Å². The molecule has 0 aromatic heterocycles. The Hall–Kier alpha value is -1.83. The van der Waals surface area contributed by atoms with Crippen LogP contribution in [0.5, 0.6) is 0 Å². The van der Waals surface area contributed by atoms with Crippen LogP contribution in [0.2, 0.25) is 0 Å². The first-order chi connectivity index (χ1) is 17.4. The van der Waals surface area contributed by atoms with Gasteiger partial charge in [-0.3, -0.25) is 14.5 Å². The zero-order valence-electron chi connectivity index (χ0n) is 23.6. The summed E-state index contributed by atoms with van der Waals surface area (Å²) >= 11 is 0. The van der Waals surface area contributed by atoms with Crippen molar-refractivity contribution in [2.24, 2.45) is 17.3 Å². The van der Waals surface area contributed by atoms with Crippen LogP contribution in [0, 0.1) is 17.3 Å². The predicted molar refractivity (Wildman–Crippen MR) is 142 cm³/mol. The van der Waals surface area contributed by atoms with Gasteiger partial charge in [-0.2, -0.15) is 0 Å². The fourth-order valence-electron chi connectivity index (χ4n) is 7.30. The van der Waals surface area contributed by atoms with Crippen LogP contribution in [0.4, 0.5) is 4.79 Å². The fraction of sp³-hybridized carbons (Fsp3) is 0.897. The first kappa shape index (κ1) is 28.2. The summed E-state index contributed by atoms with van der Waals surface area (Å²) in [5.41, 5.74) is -1.99. The molecule has 8 nitrogen and oxygen atoms in total. The number of piperazine rings is 1. The Morgan fingerprint density at radius 2 is 1.68 bits per heavy atom. The molecule has 3 amide bonds. The third-order valence-electron chi connectivity index (χ3n) is 9.40. The van der Waals surface area contributed by atoms with Crippen molar-refractivity contribution in [3.63, 3.8) is 0 Å². The van der Waals surface area contributed by atoms with Crippen molar-refractivity contribution in [2.45, 2.75) is 110 Å². The maximum absolute atomic E-state index is 13.5. The van der Waals surface area contributed by atoms with E-state index in [0.717, 1.165) is 32.1 Å². The Balaban J connectivity index is 1.38. The van der Waals surface area contributed by atoms with Gasteiger partial charge in [0.05, 0.1) is 12.1 Å². The van der Waals surface area contributed by atoms with Crippen LogP contribution in [0.15, 0.2) is 0 Å². The number of rotatable bonds is 5. The first-order valence-corrected chi connectivity index (χ1v) is 14.7. The monoisotopic (exact) mass is 519 g/mol. The maximum Gasteiger partial charge on any atom is 0.410 e. The largest absolute Gasteiger partial charge is 0.444 e. The van der Waals surface area contributed by atoms with Gasteiger partial charge < -0.3 is 19.6 Å². The normalized spacial score (nSPS) is 28.0. The van der Waals surface area contributed by atoms with Gasteiger partial charge in [0.25, 0.3) is 0 Å². The van der Waals surface area contributed by atoms with Crippen molar-refractivity contribution < 1.29 is 24.2 Å². The quantitative estimate of drug-likeness (QED) is 0.588. The molecule has 0 bridgehead atoms. The number of nitrogens with zero attached hydrogens (tertiary/aromatic N) is 3. The smallest absolute Gasteiger partial charge is 0.410 e. The maximum atomic E-state index is 13.5.